The van der Waals surface area contributed by atoms with Crippen LogP contribution in [0.5, 0.6) is 0 Å². The van der Waals surface area contributed by atoms with Crippen LogP contribution < -0.4 is 0 Å². The van der Waals surface area contributed by atoms with E-state index in [4.69, 9.17) is 9.47 Å². The van der Waals surface area contributed by atoms with E-state index in [-0.39, 0.29) is 11.5 Å². The van der Waals surface area contributed by atoms with Crippen molar-refractivity contribution in [1.82, 2.24) is 0 Å². The van der Waals surface area contributed by atoms with Crippen molar-refractivity contribution in [3.63, 3.8) is 0 Å². The van der Waals surface area contributed by atoms with Crippen LogP contribution in [0.1, 0.15) is 85.0 Å². The third-order valence-electron chi connectivity index (χ3n) is 8.76. The predicted octanol–water partition coefficient (Wildman–Crippen LogP) is 6.09. The minimum atomic E-state index is -0.470. The molecule has 0 spiro atoms. The molecule has 0 amide bonds. The van der Waals surface area contributed by atoms with Crippen molar-refractivity contribution in [3.05, 3.63) is 11.6 Å². The van der Waals surface area contributed by atoms with Crippen molar-refractivity contribution in [1.29, 1.82) is 0 Å². The second-order valence-corrected chi connectivity index (χ2v) is 10.4. The molecule has 4 rings (SSSR count). The number of carbonyl (C=O) groups excluding carboxylic acids is 2. The first kappa shape index (κ1) is 20.9. The van der Waals surface area contributed by atoms with Gasteiger partial charge in [-0.2, -0.15) is 0 Å². The van der Waals surface area contributed by atoms with Crippen LogP contribution in [-0.2, 0) is 14.3 Å². The number of hydrogen-bond donors (Lipinski definition) is 0. The van der Waals surface area contributed by atoms with E-state index in [1.54, 1.807) is 0 Å². The molecule has 0 radical (unpaired) electrons. The maximum Gasteiger partial charge on any atom is 0.508 e. The highest BCUT2D eigenvalue weighted by Gasteiger charge is 2.59. The van der Waals surface area contributed by atoms with E-state index in [1.807, 2.05) is 6.08 Å². The molecule has 0 N–H and O–H groups in total. The summed E-state index contributed by atoms with van der Waals surface area (Å²) in [6.07, 6.45) is 11.9. The molecule has 0 saturated heterocycles. The molecule has 4 heteroatoms. The highest BCUT2D eigenvalue weighted by atomic mass is 16.7. The van der Waals surface area contributed by atoms with Crippen molar-refractivity contribution in [2.45, 2.75) is 91.1 Å². The Bertz CT molecular complexity index is 668. The average molecular weight is 403 g/mol. The second kappa shape index (κ2) is 8.43. The number of ketones is 1. The predicted molar refractivity (Wildman–Crippen MR) is 112 cm³/mol. The van der Waals surface area contributed by atoms with Crippen LogP contribution in [0.4, 0.5) is 4.79 Å². The van der Waals surface area contributed by atoms with Crippen LogP contribution >= 0.6 is 0 Å². The topological polar surface area (TPSA) is 52.6 Å². The van der Waals surface area contributed by atoms with Gasteiger partial charge in [0.05, 0.1) is 6.61 Å². The Kier molecular flexibility index (Phi) is 6.09. The van der Waals surface area contributed by atoms with Gasteiger partial charge >= 0.3 is 6.16 Å². The lowest BCUT2D eigenvalue weighted by molar-refractivity contribution is -0.116. The zero-order chi connectivity index (χ0) is 20.6. The van der Waals surface area contributed by atoms with Crippen LogP contribution in [0.25, 0.3) is 0 Å². The summed E-state index contributed by atoms with van der Waals surface area (Å²) < 4.78 is 11.2. The Morgan fingerprint density at radius 3 is 2.83 bits per heavy atom. The molecule has 0 bridgehead atoms. The molecule has 4 unspecified atom stereocenters. The van der Waals surface area contributed by atoms with Gasteiger partial charge in [0, 0.05) is 11.8 Å². The Hall–Kier alpha value is -1.32. The normalized spacial score (nSPS) is 41.1. The molecule has 4 aliphatic rings. The zero-order valence-corrected chi connectivity index (χ0v) is 18.5. The monoisotopic (exact) mass is 402 g/mol. The summed E-state index contributed by atoms with van der Waals surface area (Å²) in [5.41, 5.74) is 1.50. The van der Waals surface area contributed by atoms with Gasteiger partial charge in [0.25, 0.3) is 0 Å². The van der Waals surface area contributed by atoms with Crippen molar-refractivity contribution in [3.8, 4) is 0 Å². The third-order valence-corrected chi connectivity index (χ3v) is 8.76. The summed E-state index contributed by atoms with van der Waals surface area (Å²) in [6.45, 7) is 7.36. The number of hydrogen-bond acceptors (Lipinski definition) is 4. The molecule has 0 aromatic rings. The zero-order valence-electron chi connectivity index (χ0n) is 18.5. The van der Waals surface area contributed by atoms with E-state index < -0.39 is 6.16 Å². The van der Waals surface area contributed by atoms with Gasteiger partial charge in [-0.25, -0.2) is 4.79 Å². The first-order valence-electron chi connectivity index (χ1n) is 12.0. The third kappa shape index (κ3) is 3.88. The largest absolute Gasteiger partial charge is 0.508 e. The molecule has 0 heterocycles. The smallest absolute Gasteiger partial charge is 0.434 e. The number of carbonyl (C=O) groups is 2. The van der Waals surface area contributed by atoms with Gasteiger partial charge < -0.3 is 9.47 Å². The highest BCUT2D eigenvalue weighted by Crippen LogP contribution is 2.63. The van der Waals surface area contributed by atoms with Crippen molar-refractivity contribution >= 4 is 11.9 Å². The molecule has 29 heavy (non-hydrogen) atoms. The molecule has 3 fully saturated rings. The van der Waals surface area contributed by atoms with Gasteiger partial charge in [0.15, 0.2) is 5.78 Å². The first-order chi connectivity index (χ1) is 13.9. The fourth-order valence-corrected chi connectivity index (χ4v) is 7.39. The molecule has 7 atom stereocenters. The highest BCUT2D eigenvalue weighted by molar-refractivity contribution is 5.91. The van der Waals surface area contributed by atoms with E-state index in [0.717, 1.165) is 57.8 Å². The quantitative estimate of drug-likeness (QED) is 0.413. The van der Waals surface area contributed by atoms with Gasteiger partial charge in [-0.05, 0) is 80.6 Å². The molecular formula is C25H38O4. The molecule has 0 aromatic carbocycles. The van der Waals surface area contributed by atoms with E-state index in [9.17, 15) is 9.59 Å². The van der Waals surface area contributed by atoms with Crippen molar-refractivity contribution in [2.24, 2.45) is 35.0 Å². The van der Waals surface area contributed by atoms with Crippen LogP contribution in [0, 0.1) is 35.0 Å². The van der Waals surface area contributed by atoms with Crippen LogP contribution in [0.3, 0.4) is 0 Å². The maximum atomic E-state index is 12.3. The average Bonchev–Trinajstić information content (AvgIpc) is 3.01. The van der Waals surface area contributed by atoms with Gasteiger partial charge in [-0.15, -0.1) is 0 Å². The molecule has 4 aliphatic carbocycles. The molecule has 0 aromatic heterocycles. The van der Waals surface area contributed by atoms with Crippen LogP contribution in [0.15, 0.2) is 11.6 Å². The number of ether oxygens (including phenoxy) is 2. The lowest BCUT2D eigenvalue weighted by Gasteiger charge is -2.55. The molecular weight excluding hydrogens is 364 g/mol. The van der Waals surface area contributed by atoms with Crippen molar-refractivity contribution in [2.75, 3.05) is 6.61 Å². The Morgan fingerprint density at radius 1 is 1.21 bits per heavy atom. The molecule has 0 aliphatic heterocycles. The van der Waals surface area contributed by atoms with E-state index in [0.29, 0.717) is 42.0 Å². The summed E-state index contributed by atoms with van der Waals surface area (Å²) in [6, 6.07) is 0. The van der Waals surface area contributed by atoms with E-state index in [1.165, 1.54) is 12.0 Å². The van der Waals surface area contributed by atoms with Crippen LogP contribution in [0.2, 0.25) is 0 Å². The van der Waals surface area contributed by atoms with Gasteiger partial charge in [-0.1, -0.05) is 39.2 Å². The fourth-order valence-electron chi connectivity index (χ4n) is 7.39. The van der Waals surface area contributed by atoms with Gasteiger partial charge in [0.2, 0.25) is 0 Å². The van der Waals surface area contributed by atoms with Gasteiger partial charge in [-0.3, -0.25) is 4.79 Å². The molecule has 3 saturated carbocycles. The summed E-state index contributed by atoms with van der Waals surface area (Å²) in [5, 5.41) is 0. The minimum absolute atomic E-state index is 0.0100. The SMILES string of the molecule is CCCCCOC(=O)O[C@H]1CCC2C3C(CC[C@@]21C)C1CCC(=O)C=C1C[C@@H]3C. The summed E-state index contributed by atoms with van der Waals surface area (Å²) in [7, 11) is 0. The summed E-state index contributed by atoms with van der Waals surface area (Å²) >= 11 is 0. The number of allylic oxidation sites excluding steroid dienone is 1. The van der Waals surface area contributed by atoms with Crippen molar-refractivity contribution < 1.29 is 19.1 Å². The standard InChI is InChI=1S/C25H38O4/c1-4-5-6-13-28-24(27)29-22-10-9-21-23-16(2)14-17-15-18(26)7-8-19(17)20(23)11-12-25(21,22)3/h15-16,19-23H,4-14H2,1-3H3/t16-,19?,20?,21?,22-,23?,25-/m0/s1. The Labute approximate surface area is 175 Å². The lowest BCUT2D eigenvalue weighted by Crippen LogP contribution is -2.50. The Morgan fingerprint density at radius 2 is 2.03 bits per heavy atom. The van der Waals surface area contributed by atoms with E-state index in [2.05, 4.69) is 20.8 Å². The second-order valence-electron chi connectivity index (χ2n) is 10.4. The number of rotatable bonds is 5. The van der Waals surface area contributed by atoms with Gasteiger partial charge in [0.1, 0.15) is 6.10 Å². The summed E-state index contributed by atoms with van der Waals surface area (Å²) in [4.78, 5) is 24.2. The molecule has 4 nitrogen and oxygen atoms in total. The van der Waals surface area contributed by atoms with Crippen LogP contribution in [-0.4, -0.2) is 24.6 Å². The summed E-state index contributed by atoms with van der Waals surface area (Å²) in [5.74, 6) is 3.57. The Balaban J connectivity index is 1.43. The fraction of sp³-hybridized carbons (Fsp3) is 0.840. The lowest BCUT2D eigenvalue weighted by atomic mass is 9.49. The molecule has 162 valence electrons. The minimum Gasteiger partial charge on any atom is -0.434 e. The van der Waals surface area contributed by atoms with E-state index >= 15 is 0 Å². The maximum absolute atomic E-state index is 12.3. The first-order valence-corrected chi connectivity index (χ1v) is 12.0. The number of fused-ring (bicyclic) bond motifs is 5. The number of unbranched alkanes of at least 4 members (excludes halogenated alkanes) is 2.